The van der Waals surface area contributed by atoms with Gasteiger partial charge in [0, 0.05) is 31.4 Å². The zero-order valence-corrected chi connectivity index (χ0v) is 17.0. The summed E-state index contributed by atoms with van der Waals surface area (Å²) in [5, 5.41) is 2.48. The first kappa shape index (κ1) is 22.3. The van der Waals surface area contributed by atoms with Gasteiger partial charge in [0.25, 0.3) is 5.91 Å². The minimum atomic E-state index is -3.67. The van der Waals surface area contributed by atoms with Gasteiger partial charge in [0.1, 0.15) is 5.82 Å². The van der Waals surface area contributed by atoms with Gasteiger partial charge in [-0.15, -0.1) is 0 Å². The van der Waals surface area contributed by atoms with E-state index in [1.54, 1.807) is 25.1 Å². The Labute approximate surface area is 168 Å². The number of hydrogen-bond donors (Lipinski definition) is 1. The van der Waals surface area contributed by atoms with E-state index in [4.69, 9.17) is 4.74 Å². The SMILES string of the molecule is Cc1ccc(NC(=O)COC(=O)/C=C/c2ccccc2F)cc1S(=O)(=O)N(C)C. The van der Waals surface area contributed by atoms with Crippen molar-refractivity contribution in [1.29, 1.82) is 0 Å². The highest BCUT2D eigenvalue weighted by Crippen LogP contribution is 2.22. The van der Waals surface area contributed by atoms with E-state index in [-0.39, 0.29) is 16.1 Å². The Balaban J connectivity index is 1.98. The summed E-state index contributed by atoms with van der Waals surface area (Å²) in [5.74, 6) is -1.95. The number of hydrogen-bond acceptors (Lipinski definition) is 5. The number of esters is 1. The molecule has 0 fully saturated rings. The number of carbonyl (C=O) groups is 2. The summed E-state index contributed by atoms with van der Waals surface area (Å²) < 4.78 is 44.0. The van der Waals surface area contributed by atoms with Crippen LogP contribution in [0.25, 0.3) is 6.08 Å². The summed E-state index contributed by atoms with van der Waals surface area (Å²) in [6, 6.07) is 10.3. The van der Waals surface area contributed by atoms with E-state index < -0.39 is 34.3 Å². The predicted molar refractivity (Wildman–Crippen MR) is 107 cm³/mol. The predicted octanol–water partition coefficient (Wildman–Crippen LogP) is 2.58. The molecule has 1 amide bonds. The molecular formula is C20H21FN2O5S. The Kier molecular flexibility index (Phi) is 7.24. The lowest BCUT2D eigenvalue weighted by Gasteiger charge is -2.15. The Bertz CT molecular complexity index is 1050. The number of aryl methyl sites for hydroxylation is 1. The summed E-state index contributed by atoms with van der Waals surface area (Å²) in [7, 11) is -0.850. The van der Waals surface area contributed by atoms with Crippen LogP contribution in [0.3, 0.4) is 0 Å². The molecule has 29 heavy (non-hydrogen) atoms. The molecule has 0 spiro atoms. The van der Waals surface area contributed by atoms with E-state index in [2.05, 4.69) is 5.32 Å². The second-order valence-corrected chi connectivity index (χ2v) is 8.40. The van der Waals surface area contributed by atoms with Gasteiger partial charge in [-0.05, 0) is 36.8 Å². The lowest BCUT2D eigenvalue weighted by atomic mass is 10.2. The molecule has 0 unspecified atom stereocenters. The van der Waals surface area contributed by atoms with Crippen LogP contribution in [0.15, 0.2) is 53.4 Å². The lowest BCUT2D eigenvalue weighted by Crippen LogP contribution is -2.24. The van der Waals surface area contributed by atoms with Gasteiger partial charge in [-0.25, -0.2) is 21.9 Å². The normalized spacial score (nSPS) is 11.6. The topological polar surface area (TPSA) is 92.8 Å². The zero-order valence-electron chi connectivity index (χ0n) is 16.2. The summed E-state index contributed by atoms with van der Waals surface area (Å²) in [5.41, 5.74) is 0.989. The van der Waals surface area contributed by atoms with E-state index in [1.165, 1.54) is 44.4 Å². The Morgan fingerprint density at radius 1 is 1.17 bits per heavy atom. The minimum Gasteiger partial charge on any atom is -0.452 e. The molecule has 0 aliphatic rings. The van der Waals surface area contributed by atoms with Crippen molar-refractivity contribution < 1.29 is 27.1 Å². The highest BCUT2D eigenvalue weighted by Gasteiger charge is 2.20. The molecule has 154 valence electrons. The third-order valence-electron chi connectivity index (χ3n) is 3.88. The standard InChI is InChI=1S/C20H21FN2O5S/c1-14-8-10-16(12-18(14)29(26,27)23(2)3)22-19(24)13-28-20(25)11-9-15-6-4-5-7-17(15)21/h4-12H,13H2,1-3H3,(H,22,24)/b11-9+. The number of benzene rings is 2. The van der Waals surface area contributed by atoms with Gasteiger partial charge in [-0.3, -0.25) is 4.79 Å². The quantitative estimate of drug-likeness (QED) is 0.549. The number of rotatable bonds is 7. The maximum Gasteiger partial charge on any atom is 0.331 e. The first-order chi connectivity index (χ1) is 13.6. The van der Waals surface area contributed by atoms with Gasteiger partial charge in [0.2, 0.25) is 10.0 Å². The van der Waals surface area contributed by atoms with Crippen molar-refractivity contribution in [2.75, 3.05) is 26.0 Å². The number of nitrogens with zero attached hydrogens (tertiary/aromatic N) is 1. The van der Waals surface area contributed by atoms with Gasteiger partial charge in [0.05, 0.1) is 4.90 Å². The molecular weight excluding hydrogens is 399 g/mol. The monoisotopic (exact) mass is 420 g/mol. The van der Waals surface area contributed by atoms with Crippen LogP contribution in [0.5, 0.6) is 0 Å². The van der Waals surface area contributed by atoms with Crippen molar-refractivity contribution >= 4 is 33.7 Å². The van der Waals surface area contributed by atoms with Gasteiger partial charge < -0.3 is 10.1 Å². The third-order valence-corrected chi connectivity index (χ3v) is 5.84. The zero-order chi connectivity index (χ0) is 21.6. The van der Waals surface area contributed by atoms with Crippen molar-refractivity contribution in [3.8, 4) is 0 Å². The molecule has 0 bridgehead atoms. The molecule has 9 heteroatoms. The van der Waals surface area contributed by atoms with Crippen LogP contribution in [0.1, 0.15) is 11.1 Å². The van der Waals surface area contributed by atoms with Crippen LogP contribution < -0.4 is 5.32 Å². The summed E-state index contributed by atoms with van der Waals surface area (Å²) in [6.45, 7) is 1.07. The third kappa shape index (κ3) is 5.97. The van der Waals surface area contributed by atoms with Crippen LogP contribution in [-0.2, 0) is 24.3 Å². The van der Waals surface area contributed by atoms with E-state index >= 15 is 0 Å². The van der Waals surface area contributed by atoms with Gasteiger partial charge >= 0.3 is 5.97 Å². The van der Waals surface area contributed by atoms with E-state index in [1.807, 2.05) is 0 Å². The fourth-order valence-corrected chi connectivity index (χ4v) is 3.45. The van der Waals surface area contributed by atoms with E-state index in [9.17, 15) is 22.4 Å². The number of anilines is 1. The molecule has 0 atom stereocenters. The summed E-state index contributed by atoms with van der Waals surface area (Å²) in [4.78, 5) is 23.7. The average molecular weight is 420 g/mol. The Hall–Kier alpha value is -3.04. The van der Waals surface area contributed by atoms with Gasteiger partial charge in [-0.2, -0.15) is 0 Å². The highest BCUT2D eigenvalue weighted by molar-refractivity contribution is 7.89. The van der Waals surface area contributed by atoms with Crippen molar-refractivity contribution in [1.82, 2.24) is 4.31 Å². The van der Waals surface area contributed by atoms with Crippen molar-refractivity contribution in [2.45, 2.75) is 11.8 Å². The Morgan fingerprint density at radius 3 is 2.52 bits per heavy atom. The van der Waals surface area contributed by atoms with Gasteiger partial charge in [0.15, 0.2) is 6.61 Å². The van der Waals surface area contributed by atoms with Crippen LogP contribution >= 0.6 is 0 Å². The van der Waals surface area contributed by atoms with E-state index in [0.717, 1.165) is 10.4 Å². The van der Waals surface area contributed by atoms with Crippen molar-refractivity contribution in [3.63, 3.8) is 0 Å². The first-order valence-electron chi connectivity index (χ1n) is 8.53. The van der Waals surface area contributed by atoms with Gasteiger partial charge in [-0.1, -0.05) is 24.3 Å². The molecule has 0 aromatic heterocycles. The summed E-state index contributed by atoms with van der Waals surface area (Å²) in [6.07, 6.45) is 2.26. The highest BCUT2D eigenvalue weighted by atomic mass is 32.2. The maximum atomic E-state index is 13.5. The first-order valence-corrected chi connectivity index (χ1v) is 9.97. The Morgan fingerprint density at radius 2 is 1.86 bits per heavy atom. The van der Waals surface area contributed by atoms with Crippen molar-refractivity contribution in [3.05, 3.63) is 65.5 Å². The second kappa shape index (κ2) is 9.44. The van der Waals surface area contributed by atoms with Crippen LogP contribution in [-0.4, -0.2) is 45.3 Å². The van der Waals surface area contributed by atoms with Crippen molar-refractivity contribution in [2.24, 2.45) is 0 Å². The van der Waals surface area contributed by atoms with Crippen LogP contribution in [0, 0.1) is 12.7 Å². The molecule has 0 saturated heterocycles. The molecule has 2 aromatic rings. The lowest BCUT2D eigenvalue weighted by molar-refractivity contribution is -0.142. The maximum absolute atomic E-state index is 13.5. The number of ether oxygens (including phenoxy) is 1. The fraction of sp³-hybridized carbons (Fsp3) is 0.200. The average Bonchev–Trinajstić information content (AvgIpc) is 2.67. The molecule has 2 rings (SSSR count). The van der Waals surface area contributed by atoms with Crippen LogP contribution in [0.2, 0.25) is 0 Å². The fourth-order valence-electron chi connectivity index (χ4n) is 2.30. The molecule has 0 heterocycles. The molecule has 2 aromatic carbocycles. The molecule has 1 N–H and O–H groups in total. The second-order valence-electron chi connectivity index (χ2n) is 6.28. The largest absolute Gasteiger partial charge is 0.452 e. The smallest absolute Gasteiger partial charge is 0.331 e. The molecule has 0 aliphatic carbocycles. The van der Waals surface area contributed by atoms with E-state index in [0.29, 0.717) is 5.56 Å². The molecule has 7 nitrogen and oxygen atoms in total. The summed E-state index contributed by atoms with van der Waals surface area (Å²) >= 11 is 0. The van der Waals surface area contributed by atoms with Crippen LogP contribution in [0.4, 0.5) is 10.1 Å². The minimum absolute atomic E-state index is 0.0603. The number of nitrogens with one attached hydrogen (secondary N) is 1. The number of halogens is 1. The molecule has 0 saturated carbocycles. The number of sulfonamides is 1. The number of carbonyl (C=O) groups excluding carboxylic acids is 2. The molecule has 0 aliphatic heterocycles. The molecule has 0 radical (unpaired) electrons. The number of amides is 1.